The Balaban J connectivity index is 1.97. The first-order chi connectivity index (χ1) is 10.3. The van der Waals surface area contributed by atoms with E-state index in [-0.39, 0.29) is 0 Å². The van der Waals surface area contributed by atoms with Crippen molar-refractivity contribution in [1.82, 2.24) is 19.7 Å². The van der Waals surface area contributed by atoms with Crippen LogP contribution in [0, 0.1) is 6.92 Å². The molecule has 1 aliphatic rings. The highest BCUT2D eigenvalue weighted by molar-refractivity contribution is 5.56. The van der Waals surface area contributed by atoms with E-state index in [2.05, 4.69) is 44.0 Å². The van der Waals surface area contributed by atoms with Crippen LogP contribution in [0.2, 0.25) is 0 Å². The smallest absolute Gasteiger partial charge is 0.187 e. The monoisotopic (exact) mass is 276 g/mol. The van der Waals surface area contributed by atoms with Gasteiger partial charge in [-0.3, -0.25) is 4.57 Å². The van der Waals surface area contributed by atoms with Crippen LogP contribution in [0.5, 0.6) is 0 Å². The molecule has 0 fully saturated rings. The Labute approximate surface area is 123 Å². The Bertz CT molecular complexity index is 804. The van der Waals surface area contributed by atoms with Crippen LogP contribution in [-0.2, 0) is 12.8 Å². The number of pyridine rings is 1. The molecule has 0 amide bonds. The predicted molar refractivity (Wildman–Crippen MR) is 81.4 cm³/mol. The maximum atomic E-state index is 4.60. The highest BCUT2D eigenvalue weighted by atomic mass is 15.3. The Morgan fingerprint density at radius 2 is 1.86 bits per heavy atom. The number of para-hydroxylation sites is 1. The lowest BCUT2D eigenvalue weighted by Crippen LogP contribution is -2.03. The molecule has 0 bridgehead atoms. The molecule has 4 rings (SSSR count). The minimum absolute atomic E-state index is 0.836. The zero-order chi connectivity index (χ0) is 14.2. The molecule has 3 aromatic rings. The lowest BCUT2D eigenvalue weighted by molar-refractivity contribution is 0.783. The lowest BCUT2D eigenvalue weighted by atomic mass is 10.1. The van der Waals surface area contributed by atoms with Gasteiger partial charge in [0.1, 0.15) is 11.5 Å². The number of aromatic nitrogens is 4. The van der Waals surface area contributed by atoms with Gasteiger partial charge in [0, 0.05) is 12.1 Å². The summed E-state index contributed by atoms with van der Waals surface area (Å²) >= 11 is 0. The molecule has 21 heavy (non-hydrogen) atoms. The van der Waals surface area contributed by atoms with Crippen LogP contribution in [-0.4, -0.2) is 19.7 Å². The maximum absolute atomic E-state index is 4.60. The van der Waals surface area contributed by atoms with Crippen LogP contribution in [0.15, 0.2) is 42.5 Å². The summed E-state index contributed by atoms with van der Waals surface area (Å²) in [6.07, 6.45) is 3.14. The first-order valence-corrected chi connectivity index (χ1v) is 7.29. The third-order valence-electron chi connectivity index (χ3n) is 3.93. The molecule has 104 valence electrons. The van der Waals surface area contributed by atoms with Gasteiger partial charge in [-0.2, -0.15) is 0 Å². The molecular weight excluding hydrogens is 260 g/mol. The predicted octanol–water partition coefficient (Wildman–Crippen LogP) is 3.13. The average molecular weight is 276 g/mol. The van der Waals surface area contributed by atoms with E-state index in [0.717, 1.165) is 42.3 Å². The van der Waals surface area contributed by atoms with Crippen molar-refractivity contribution in [1.29, 1.82) is 0 Å². The first kappa shape index (κ1) is 12.3. The summed E-state index contributed by atoms with van der Waals surface area (Å²) < 4.78 is 2.17. The zero-order valence-electron chi connectivity index (χ0n) is 12.0. The van der Waals surface area contributed by atoms with Crippen molar-refractivity contribution in [2.45, 2.75) is 26.2 Å². The van der Waals surface area contributed by atoms with Gasteiger partial charge in [-0.1, -0.05) is 24.3 Å². The van der Waals surface area contributed by atoms with Gasteiger partial charge in [-0.15, -0.1) is 10.2 Å². The molecule has 0 radical (unpaired) electrons. The van der Waals surface area contributed by atoms with E-state index >= 15 is 0 Å². The molecule has 0 saturated carbocycles. The molecule has 4 nitrogen and oxygen atoms in total. The lowest BCUT2D eigenvalue weighted by Gasteiger charge is -2.11. The van der Waals surface area contributed by atoms with Crippen molar-refractivity contribution in [3.8, 4) is 17.2 Å². The van der Waals surface area contributed by atoms with E-state index < -0.39 is 0 Å². The van der Waals surface area contributed by atoms with Crippen LogP contribution in [0.3, 0.4) is 0 Å². The van der Waals surface area contributed by atoms with E-state index in [1.807, 2.05) is 25.1 Å². The first-order valence-electron chi connectivity index (χ1n) is 7.29. The van der Waals surface area contributed by atoms with E-state index in [0.29, 0.717) is 0 Å². The molecule has 0 unspecified atom stereocenters. The topological polar surface area (TPSA) is 43.6 Å². The van der Waals surface area contributed by atoms with Crippen molar-refractivity contribution in [3.05, 3.63) is 59.5 Å². The molecule has 1 aliphatic heterocycles. The van der Waals surface area contributed by atoms with E-state index in [1.54, 1.807) is 0 Å². The van der Waals surface area contributed by atoms with Crippen LogP contribution in [0.25, 0.3) is 17.2 Å². The molecule has 0 N–H and O–H groups in total. The third kappa shape index (κ3) is 2.03. The highest BCUT2D eigenvalue weighted by Crippen LogP contribution is 2.28. The van der Waals surface area contributed by atoms with Gasteiger partial charge < -0.3 is 0 Å². The second-order valence-corrected chi connectivity index (χ2v) is 5.42. The molecule has 0 aliphatic carbocycles. The van der Waals surface area contributed by atoms with Crippen LogP contribution in [0.4, 0.5) is 0 Å². The maximum Gasteiger partial charge on any atom is 0.187 e. The Morgan fingerprint density at radius 1 is 0.952 bits per heavy atom. The largest absolute Gasteiger partial charge is 0.277 e. The van der Waals surface area contributed by atoms with Crippen molar-refractivity contribution < 1.29 is 0 Å². The summed E-state index contributed by atoms with van der Waals surface area (Å²) in [5, 5.41) is 8.79. The summed E-state index contributed by atoms with van der Waals surface area (Å²) in [6, 6.07) is 14.5. The fourth-order valence-corrected chi connectivity index (χ4v) is 2.94. The van der Waals surface area contributed by atoms with Crippen molar-refractivity contribution in [2.75, 3.05) is 0 Å². The van der Waals surface area contributed by atoms with Crippen LogP contribution < -0.4 is 0 Å². The van der Waals surface area contributed by atoms with Gasteiger partial charge in [-0.05, 0) is 43.5 Å². The second-order valence-electron chi connectivity index (χ2n) is 5.42. The van der Waals surface area contributed by atoms with Crippen LogP contribution in [0.1, 0.15) is 23.5 Å². The molecule has 0 saturated heterocycles. The number of hydrogen-bond acceptors (Lipinski definition) is 3. The molecule has 1 aromatic carbocycles. The molecule has 2 aromatic heterocycles. The van der Waals surface area contributed by atoms with Crippen molar-refractivity contribution >= 4 is 0 Å². The van der Waals surface area contributed by atoms with Gasteiger partial charge in [0.2, 0.25) is 0 Å². The van der Waals surface area contributed by atoms with E-state index in [9.17, 15) is 0 Å². The third-order valence-corrected chi connectivity index (χ3v) is 3.93. The summed E-state index contributed by atoms with van der Waals surface area (Å²) in [5.74, 6) is 1.86. The quantitative estimate of drug-likeness (QED) is 0.686. The van der Waals surface area contributed by atoms with Gasteiger partial charge in [-0.25, -0.2) is 4.98 Å². The zero-order valence-corrected chi connectivity index (χ0v) is 12.0. The standard InChI is InChI=1S/C17H16N4/c1-12-6-4-9-14(18-12)17-20-19-16-11-5-8-13-7-2-3-10-15(13)21(16)17/h2-4,6-7,9-10H,5,8,11H2,1H3. The van der Waals surface area contributed by atoms with Gasteiger partial charge in [0.05, 0.1) is 5.69 Å². The molecule has 3 heterocycles. The fourth-order valence-electron chi connectivity index (χ4n) is 2.94. The van der Waals surface area contributed by atoms with Crippen molar-refractivity contribution in [2.24, 2.45) is 0 Å². The summed E-state index contributed by atoms with van der Waals surface area (Å²) in [7, 11) is 0. The number of nitrogens with zero attached hydrogens (tertiary/aromatic N) is 4. The highest BCUT2D eigenvalue weighted by Gasteiger charge is 2.20. The number of rotatable bonds is 1. The van der Waals surface area contributed by atoms with Crippen molar-refractivity contribution in [3.63, 3.8) is 0 Å². The Hall–Kier alpha value is -2.49. The molecule has 0 atom stereocenters. The Kier molecular flexibility index (Phi) is 2.81. The summed E-state index contributed by atoms with van der Waals surface area (Å²) in [5.41, 5.74) is 4.41. The summed E-state index contributed by atoms with van der Waals surface area (Å²) in [4.78, 5) is 4.60. The minimum atomic E-state index is 0.836. The summed E-state index contributed by atoms with van der Waals surface area (Å²) in [6.45, 7) is 2.00. The van der Waals surface area contributed by atoms with E-state index in [4.69, 9.17) is 0 Å². The van der Waals surface area contributed by atoms with Gasteiger partial charge in [0.15, 0.2) is 5.82 Å². The van der Waals surface area contributed by atoms with Gasteiger partial charge >= 0.3 is 0 Å². The number of benzene rings is 1. The fraction of sp³-hybridized carbons (Fsp3) is 0.235. The number of hydrogen-bond donors (Lipinski definition) is 0. The number of fused-ring (bicyclic) bond motifs is 3. The Morgan fingerprint density at radius 3 is 2.76 bits per heavy atom. The van der Waals surface area contributed by atoms with Gasteiger partial charge in [0.25, 0.3) is 0 Å². The minimum Gasteiger partial charge on any atom is -0.277 e. The number of aryl methyl sites for hydroxylation is 3. The normalized spacial score (nSPS) is 13.4. The van der Waals surface area contributed by atoms with Crippen LogP contribution >= 0.6 is 0 Å². The molecule has 0 spiro atoms. The second kappa shape index (κ2) is 4.81. The SMILES string of the molecule is Cc1cccc(-c2nnc3n2-c2ccccc2CCC3)n1. The average Bonchev–Trinajstić information content (AvgIpc) is 2.83. The molecular formula is C17H16N4. The molecule has 4 heteroatoms. The van der Waals surface area contributed by atoms with E-state index in [1.165, 1.54) is 11.3 Å².